The van der Waals surface area contributed by atoms with Gasteiger partial charge in [0.1, 0.15) is 0 Å². The first-order chi connectivity index (χ1) is 5.89. The Labute approximate surface area is 78.1 Å². The molecule has 13 heavy (non-hydrogen) atoms. The number of hydrogen-bond donors (Lipinski definition) is 1. The third-order valence-electron chi connectivity index (χ3n) is 1.75. The Balaban J connectivity index is 3.70. The molecule has 0 aliphatic rings. The third-order valence-corrected chi connectivity index (χ3v) is 1.75. The van der Waals surface area contributed by atoms with Crippen molar-refractivity contribution >= 4 is 5.97 Å². The minimum atomic E-state index is -0.977. The molecule has 0 heterocycles. The van der Waals surface area contributed by atoms with Crippen molar-refractivity contribution in [3.63, 3.8) is 0 Å². The highest BCUT2D eigenvalue weighted by atomic mass is 16.5. The first-order valence-electron chi connectivity index (χ1n) is 4.15. The zero-order valence-corrected chi connectivity index (χ0v) is 8.20. The van der Waals surface area contributed by atoms with E-state index in [1.807, 2.05) is 0 Å². The molecule has 0 rings (SSSR count). The number of nitrogens with zero attached hydrogens (tertiary/aromatic N) is 1. The predicted molar refractivity (Wildman–Crippen MR) is 47.1 cm³/mol. The lowest BCUT2D eigenvalue weighted by Gasteiger charge is -2.15. The van der Waals surface area contributed by atoms with Gasteiger partial charge in [-0.1, -0.05) is 0 Å². The lowest BCUT2D eigenvalue weighted by atomic mass is 9.92. The zero-order valence-electron chi connectivity index (χ0n) is 8.20. The number of hydrogen-bond acceptors (Lipinski definition) is 3. The minimum Gasteiger partial charge on any atom is -0.479 e. The van der Waals surface area contributed by atoms with Crippen molar-refractivity contribution in [2.45, 2.75) is 33.3 Å². The van der Waals surface area contributed by atoms with Crippen LogP contribution in [0.3, 0.4) is 0 Å². The Morgan fingerprint density at radius 3 is 2.62 bits per heavy atom. The van der Waals surface area contributed by atoms with E-state index in [1.54, 1.807) is 13.8 Å². The Bertz CT molecular complexity index is 217. The fourth-order valence-corrected chi connectivity index (χ4v) is 0.618. The second kappa shape index (κ2) is 4.83. The minimum absolute atomic E-state index is 0.300. The number of aliphatic carboxylic acids is 1. The molecular weight excluding hydrogens is 170 g/mol. The van der Waals surface area contributed by atoms with E-state index in [-0.39, 0.29) is 0 Å². The second-order valence-electron chi connectivity index (χ2n) is 3.60. The van der Waals surface area contributed by atoms with Gasteiger partial charge in [-0.25, -0.2) is 4.79 Å². The molecule has 0 saturated carbocycles. The lowest BCUT2D eigenvalue weighted by Crippen LogP contribution is -2.22. The van der Waals surface area contributed by atoms with Crippen LogP contribution in [0, 0.1) is 16.7 Å². The number of rotatable bonds is 5. The maximum atomic E-state index is 10.3. The Kier molecular flexibility index (Phi) is 4.43. The fraction of sp³-hybridized carbons (Fsp3) is 0.778. The van der Waals surface area contributed by atoms with Gasteiger partial charge in [-0.3, -0.25) is 0 Å². The summed E-state index contributed by atoms with van der Waals surface area (Å²) < 4.78 is 4.99. The Morgan fingerprint density at radius 2 is 2.23 bits per heavy atom. The van der Waals surface area contributed by atoms with E-state index in [2.05, 4.69) is 6.07 Å². The van der Waals surface area contributed by atoms with E-state index in [1.165, 1.54) is 6.92 Å². The van der Waals surface area contributed by atoms with Crippen LogP contribution in [0.5, 0.6) is 0 Å². The summed E-state index contributed by atoms with van der Waals surface area (Å²) in [6.07, 6.45) is -0.254. The summed E-state index contributed by atoms with van der Waals surface area (Å²) in [4.78, 5) is 10.3. The van der Waals surface area contributed by atoms with Gasteiger partial charge in [-0.15, -0.1) is 0 Å². The van der Waals surface area contributed by atoms with Crippen LogP contribution in [-0.4, -0.2) is 23.8 Å². The summed E-state index contributed by atoms with van der Waals surface area (Å²) in [5, 5.41) is 17.1. The molecule has 4 nitrogen and oxygen atoms in total. The number of carboxylic acid groups (broad SMARTS) is 1. The SMILES string of the molecule is C[C@H](OCCC(C)(C)C#N)C(=O)O. The quantitative estimate of drug-likeness (QED) is 0.703. The largest absolute Gasteiger partial charge is 0.479 e. The molecule has 0 aromatic carbocycles. The van der Waals surface area contributed by atoms with Gasteiger partial charge < -0.3 is 9.84 Å². The molecule has 0 bridgehead atoms. The molecule has 74 valence electrons. The van der Waals surface area contributed by atoms with Crippen molar-refractivity contribution < 1.29 is 14.6 Å². The molecule has 1 N–H and O–H groups in total. The Hall–Kier alpha value is -1.08. The smallest absolute Gasteiger partial charge is 0.332 e. The van der Waals surface area contributed by atoms with Crippen molar-refractivity contribution in [2.24, 2.45) is 5.41 Å². The van der Waals surface area contributed by atoms with E-state index in [9.17, 15) is 4.79 Å². The van der Waals surface area contributed by atoms with Crippen LogP contribution in [0.15, 0.2) is 0 Å². The first kappa shape index (κ1) is 11.9. The van der Waals surface area contributed by atoms with Gasteiger partial charge >= 0.3 is 5.97 Å². The molecule has 0 aliphatic carbocycles. The topological polar surface area (TPSA) is 70.3 Å². The van der Waals surface area contributed by atoms with Crippen LogP contribution in [0.4, 0.5) is 0 Å². The average Bonchev–Trinajstić information content (AvgIpc) is 2.04. The molecule has 0 aromatic rings. The van der Waals surface area contributed by atoms with Crippen LogP contribution in [0.2, 0.25) is 0 Å². The summed E-state index contributed by atoms with van der Waals surface area (Å²) in [6.45, 7) is 5.36. The van der Waals surface area contributed by atoms with Gasteiger partial charge in [0, 0.05) is 6.61 Å². The fourth-order valence-electron chi connectivity index (χ4n) is 0.618. The van der Waals surface area contributed by atoms with Crippen LogP contribution >= 0.6 is 0 Å². The van der Waals surface area contributed by atoms with E-state index in [4.69, 9.17) is 15.1 Å². The van der Waals surface area contributed by atoms with Crippen LogP contribution < -0.4 is 0 Å². The molecule has 0 amide bonds. The maximum Gasteiger partial charge on any atom is 0.332 e. The van der Waals surface area contributed by atoms with E-state index < -0.39 is 17.5 Å². The monoisotopic (exact) mass is 185 g/mol. The first-order valence-corrected chi connectivity index (χ1v) is 4.15. The molecule has 0 unspecified atom stereocenters. The summed E-state index contributed by atoms with van der Waals surface area (Å²) in [5.41, 5.74) is -0.446. The van der Waals surface area contributed by atoms with Gasteiger partial charge in [-0.05, 0) is 27.2 Å². The molecule has 4 heteroatoms. The Morgan fingerprint density at radius 1 is 1.69 bits per heavy atom. The van der Waals surface area contributed by atoms with Crippen molar-refractivity contribution in [3.05, 3.63) is 0 Å². The van der Waals surface area contributed by atoms with E-state index in [0.717, 1.165) is 0 Å². The zero-order chi connectivity index (χ0) is 10.5. The number of carbonyl (C=O) groups is 1. The van der Waals surface area contributed by atoms with Gasteiger partial charge in [0.25, 0.3) is 0 Å². The molecule has 0 spiro atoms. The van der Waals surface area contributed by atoms with Gasteiger partial charge in [-0.2, -0.15) is 5.26 Å². The van der Waals surface area contributed by atoms with Crippen molar-refractivity contribution in [2.75, 3.05) is 6.61 Å². The predicted octanol–water partition coefficient (Wildman–Crippen LogP) is 1.42. The third kappa shape index (κ3) is 5.21. The summed E-state index contributed by atoms with van der Waals surface area (Å²) >= 11 is 0. The standard InChI is InChI=1S/C9H15NO3/c1-7(8(11)12)13-5-4-9(2,3)6-10/h7H,4-5H2,1-3H3,(H,11,12)/t7-/m0/s1. The maximum absolute atomic E-state index is 10.3. The van der Waals surface area contributed by atoms with Crippen LogP contribution in [0.25, 0.3) is 0 Å². The van der Waals surface area contributed by atoms with Gasteiger partial charge in [0.15, 0.2) is 6.10 Å². The van der Waals surface area contributed by atoms with Gasteiger partial charge in [0.2, 0.25) is 0 Å². The number of ether oxygens (including phenoxy) is 1. The molecule has 0 fully saturated rings. The second-order valence-corrected chi connectivity index (χ2v) is 3.60. The molecule has 0 aromatic heterocycles. The summed E-state index contributed by atoms with van der Waals surface area (Å²) in [6, 6.07) is 2.12. The molecular formula is C9H15NO3. The molecule has 1 atom stereocenters. The average molecular weight is 185 g/mol. The highest BCUT2D eigenvalue weighted by molar-refractivity contribution is 5.71. The van der Waals surface area contributed by atoms with Crippen LogP contribution in [-0.2, 0) is 9.53 Å². The summed E-state index contributed by atoms with van der Waals surface area (Å²) in [5.74, 6) is -0.977. The summed E-state index contributed by atoms with van der Waals surface area (Å²) in [7, 11) is 0. The molecule has 0 saturated heterocycles. The van der Waals surface area contributed by atoms with Crippen LogP contribution in [0.1, 0.15) is 27.2 Å². The number of carboxylic acids is 1. The van der Waals surface area contributed by atoms with E-state index >= 15 is 0 Å². The highest BCUT2D eigenvalue weighted by Crippen LogP contribution is 2.18. The normalized spacial score (nSPS) is 13.4. The van der Waals surface area contributed by atoms with Crippen molar-refractivity contribution in [1.82, 2.24) is 0 Å². The van der Waals surface area contributed by atoms with Crippen molar-refractivity contribution in [3.8, 4) is 6.07 Å². The number of nitriles is 1. The van der Waals surface area contributed by atoms with Gasteiger partial charge in [0.05, 0.1) is 11.5 Å². The van der Waals surface area contributed by atoms with Crippen molar-refractivity contribution in [1.29, 1.82) is 5.26 Å². The highest BCUT2D eigenvalue weighted by Gasteiger charge is 2.18. The molecule has 0 radical (unpaired) electrons. The van der Waals surface area contributed by atoms with E-state index in [0.29, 0.717) is 13.0 Å². The lowest BCUT2D eigenvalue weighted by molar-refractivity contribution is -0.149. The molecule has 0 aliphatic heterocycles.